The van der Waals surface area contributed by atoms with Gasteiger partial charge in [0.1, 0.15) is 0 Å². The first kappa shape index (κ1) is 12.6. The summed E-state index contributed by atoms with van der Waals surface area (Å²) in [5, 5.41) is 12.4. The predicted molar refractivity (Wildman–Crippen MR) is 51.2 cm³/mol. The Kier molecular flexibility index (Phi) is 3.27. The SMILES string of the molecule is CC(C)(C#N)CCn1cc(C(F)(F)F)cn1. The maximum Gasteiger partial charge on any atom is 0.419 e. The standard InChI is InChI=1S/C10H12F3N3/c1-9(2,7-14)3-4-16-6-8(5-15-16)10(11,12)13/h5-6H,3-4H2,1-2H3. The zero-order valence-corrected chi connectivity index (χ0v) is 9.04. The summed E-state index contributed by atoms with van der Waals surface area (Å²) in [6.07, 6.45) is -2.15. The fourth-order valence-corrected chi connectivity index (χ4v) is 1.08. The van der Waals surface area contributed by atoms with E-state index in [0.717, 1.165) is 12.4 Å². The molecule has 0 aliphatic carbocycles. The predicted octanol–water partition coefficient (Wildman–Crippen LogP) is 2.84. The Morgan fingerprint density at radius 1 is 1.44 bits per heavy atom. The molecule has 1 rings (SSSR count). The van der Waals surface area contributed by atoms with Gasteiger partial charge >= 0.3 is 6.18 Å². The minimum absolute atomic E-state index is 0.302. The Morgan fingerprint density at radius 2 is 2.06 bits per heavy atom. The molecule has 0 aromatic carbocycles. The molecule has 0 spiro atoms. The summed E-state index contributed by atoms with van der Waals surface area (Å²) in [6, 6.07) is 2.09. The molecule has 0 amide bonds. The zero-order valence-electron chi connectivity index (χ0n) is 9.04. The lowest BCUT2D eigenvalue weighted by Gasteiger charge is -2.14. The van der Waals surface area contributed by atoms with E-state index in [1.165, 1.54) is 4.68 Å². The average molecular weight is 231 g/mol. The summed E-state index contributed by atoms with van der Waals surface area (Å²) in [4.78, 5) is 0. The zero-order chi connectivity index (χ0) is 12.4. The third kappa shape index (κ3) is 3.26. The Labute approximate surface area is 91.5 Å². The van der Waals surface area contributed by atoms with Gasteiger partial charge in [-0.1, -0.05) is 0 Å². The highest BCUT2D eigenvalue weighted by molar-refractivity contribution is 5.08. The Bertz CT molecular complexity index is 398. The van der Waals surface area contributed by atoms with Gasteiger partial charge in [-0.05, 0) is 20.3 Å². The number of nitrogens with zero attached hydrogens (tertiary/aromatic N) is 3. The van der Waals surface area contributed by atoms with Crippen molar-refractivity contribution in [3.63, 3.8) is 0 Å². The van der Waals surface area contributed by atoms with Crippen LogP contribution in [0.1, 0.15) is 25.8 Å². The van der Waals surface area contributed by atoms with Gasteiger partial charge < -0.3 is 0 Å². The molecule has 0 unspecified atom stereocenters. The quantitative estimate of drug-likeness (QED) is 0.802. The molecule has 0 radical (unpaired) electrons. The normalized spacial score (nSPS) is 12.5. The van der Waals surface area contributed by atoms with Crippen LogP contribution in [0.25, 0.3) is 0 Å². The van der Waals surface area contributed by atoms with Crippen LogP contribution in [0.5, 0.6) is 0 Å². The summed E-state index contributed by atoms with van der Waals surface area (Å²) in [7, 11) is 0. The van der Waals surface area contributed by atoms with E-state index in [1.54, 1.807) is 13.8 Å². The fourth-order valence-electron chi connectivity index (χ4n) is 1.08. The number of alkyl halides is 3. The van der Waals surface area contributed by atoms with Crippen molar-refractivity contribution in [1.29, 1.82) is 5.26 Å². The lowest BCUT2D eigenvalue weighted by molar-refractivity contribution is -0.137. The van der Waals surface area contributed by atoms with Crippen molar-refractivity contribution in [2.75, 3.05) is 0 Å². The van der Waals surface area contributed by atoms with Gasteiger partial charge in [-0.2, -0.15) is 23.5 Å². The smallest absolute Gasteiger partial charge is 0.272 e. The van der Waals surface area contributed by atoms with Crippen molar-refractivity contribution in [3.05, 3.63) is 18.0 Å². The second kappa shape index (κ2) is 4.16. The number of nitriles is 1. The summed E-state index contributed by atoms with van der Waals surface area (Å²) in [5.41, 5.74) is -1.31. The first-order valence-electron chi connectivity index (χ1n) is 4.75. The Morgan fingerprint density at radius 3 is 2.50 bits per heavy atom. The molecule has 1 aromatic heterocycles. The van der Waals surface area contributed by atoms with Crippen molar-refractivity contribution < 1.29 is 13.2 Å². The highest BCUT2D eigenvalue weighted by Crippen LogP contribution is 2.28. The van der Waals surface area contributed by atoms with Crippen molar-refractivity contribution >= 4 is 0 Å². The van der Waals surface area contributed by atoms with Crippen molar-refractivity contribution in [3.8, 4) is 6.07 Å². The van der Waals surface area contributed by atoms with Crippen LogP contribution in [-0.4, -0.2) is 9.78 Å². The first-order valence-corrected chi connectivity index (χ1v) is 4.75. The maximum absolute atomic E-state index is 12.2. The largest absolute Gasteiger partial charge is 0.419 e. The van der Waals surface area contributed by atoms with E-state index in [0.29, 0.717) is 13.0 Å². The minimum Gasteiger partial charge on any atom is -0.272 e. The molecule has 6 heteroatoms. The molecule has 3 nitrogen and oxygen atoms in total. The highest BCUT2D eigenvalue weighted by atomic mass is 19.4. The van der Waals surface area contributed by atoms with E-state index in [1.807, 2.05) is 0 Å². The van der Waals surface area contributed by atoms with Crippen LogP contribution in [0, 0.1) is 16.7 Å². The molecule has 0 aliphatic heterocycles. The topological polar surface area (TPSA) is 41.6 Å². The van der Waals surface area contributed by atoms with Crippen LogP contribution >= 0.6 is 0 Å². The van der Waals surface area contributed by atoms with Crippen LogP contribution in [0.4, 0.5) is 13.2 Å². The van der Waals surface area contributed by atoms with Crippen molar-refractivity contribution in [1.82, 2.24) is 9.78 Å². The second-order valence-electron chi connectivity index (χ2n) is 4.24. The molecule has 16 heavy (non-hydrogen) atoms. The van der Waals surface area contributed by atoms with Crippen LogP contribution in [0.2, 0.25) is 0 Å². The van der Waals surface area contributed by atoms with Gasteiger partial charge in [0.25, 0.3) is 0 Å². The summed E-state index contributed by atoms with van der Waals surface area (Å²) in [6.45, 7) is 3.78. The van der Waals surface area contributed by atoms with Gasteiger partial charge in [-0.25, -0.2) is 0 Å². The Balaban J connectivity index is 2.65. The van der Waals surface area contributed by atoms with E-state index in [-0.39, 0.29) is 0 Å². The molecule has 0 fully saturated rings. The van der Waals surface area contributed by atoms with Gasteiger partial charge in [0, 0.05) is 12.7 Å². The number of hydrogen-bond donors (Lipinski definition) is 0. The summed E-state index contributed by atoms with van der Waals surface area (Å²) >= 11 is 0. The van der Waals surface area contributed by atoms with Crippen LogP contribution in [0.3, 0.4) is 0 Å². The number of aromatic nitrogens is 2. The fraction of sp³-hybridized carbons (Fsp3) is 0.600. The maximum atomic E-state index is 12.2. The van der Waals surface area contributed by atoms with Crippen LogP contribution < -0.4 is 0 Å². The van der Waals surface area contributed by atoms with Crippen LogP contribution in [0.15, 0.2) is 12.4 Å². The third-order valence-corrected chi connectivity index (χ3v) is 2.23. The lowest BCUT2D eigenvalue weighted by Crippen LogP contribution is -2.12. The minimum atomic E-state index is -4.36. The van der Waals surface area contributed by atoms with E-state index in [9.17, 15) is 13.2 Å². The van der Waals surface area contributed by atoms with Gasteiger partial charge in [-0.15, -0.1) is 0 Å². The second-order valence-corrected chi connectivity index (χ2v) is 4.24. The molecule has 0 saturated carbocycles. The van der Waals surface area contributed by atoms with E-state index >= 15 is 0 Å². The molecule has 0 atom stereocenters. The van der Waals surface area contributed by atoms with Gasteiger partial charge in [0.15, 0.2) is 0 Å². The van der Waals surface area contributed by atoms with Gasteiger partial charge in [-0.3, -0.25) is 4.68 Å². The average Bonchev–Trinajstić information content (AvgIpc) is 2.63. The van der Waals surface area contributed by atoms with E-state index in [2.05, 4.69) is 11.2 Å². The van der Waals surface area contributed by atoms with Crippen LogP contribution in [-0.2, 0) is 12.7 Å². The number of hydrogen-bond acceptors (Lipinski definition) is 2. The third-order valence-electron chi connectivity index (χ3n) is 2.23. The first-order chi connectivity index (χ1) is 7.24. The van der Waals surface area contributed by atoms with Crippen molar-refractivity contribution in [2.24, 2.45) is 5.41 Å². The number of rotatable bonds is 3. The molecule has 0 N–H and O–H groups in total. The molecule has 0 aliphatic rings. The Hall–Kier alpha value is -1.51. The summed E-state index contributed by atoms with van der Waals surface area (Å²) < 4.78 is 37.9. The molecule has 0 saturated heterocycles. The highest BCUT2D eigenvalue weighted by Gasteiger charge is 2.32. The summed E-state index contributed by atoms with van der Waals surface area (Å²) in [5.74, 6) is 0. The van der Waals surface area contributed by atoms with Gasteiger partial charge in [0.2, 0.25) is 0 Å². The number of aryl methyl sites for hydroxylation is 1. The number of halogens is 3. The molecule has 88 valence electrons. The molecule has 0 bridgehead atoms. The monoisotopic (exact) mass is 231 g/mol. The molecule has 1 aromatic rings. The molecular weight excluding hydrogens is 219 g/mol. The van der Waals surface area contributed by atoms with E-state index < -0.39 is 17.2 Å². The lowest BCUT2D eigenvalue weighted by atomic mass is 9.92. The van der Waals surface area contributed by atoms with Gasteiger partial charge in [0.05, 0.1) is 23.2 Å². The molecular formula is C10H12F3N3. The molecule has 1 heterocycles. The van der Waals surface area contributed by atoms with Crippen molar-refractivity contribution in [2.45, 2.75) is 33.0 Å². The van der Waals surface area contributed by atoms with E-state index in [4.69, 9.17) is 5.26 Å².